The van der Waals surface area contributed by atoms with E-state index in [4.69, 9.17) is 0 Å². The summed E-state index contributed by atoms with van der Waals surface area (Å²) in [6, 6.07) is 28.1. The van der Waals surface area contributed by atoms with Crippen molar-refractivity contribution in [3.63, 3.8) is 0 Å². The molecule has 1 N–H and O–H groups in total. The van der Waals surface area contributed by atoms with Crippen LogP contribution in [0.4, 0.5) is 5.69 Å². The molecule has 0 amide bonds. The molecule has 0 aliphatic rings. The van der Waals surface area contributed by atoms with E-state index in [0.29, 0.717) is 0 Å². The summed E-state index contributed by atoms with van der Waals surface area (Å²) in [6.45, 7) is 0. The SMILES string of the molecule is O=c1ccn(Nc2ccccc2)c2ccc3cc4ccccc4cc3c12. The smallest absolute Gasteiger partial charge is 0.190 e. The van der Waals surface area contributed by atoms with E-state index in [1.807, 2.05) is 53.2 Å². The molecule has 0 saturated carbocycles. The lowest BCUT2D eigenvalue weighted by Gasteiger charge is -2.15. The standard InChI is InChI=1S/C23H16N2O/c26-22-12-13-25(24-19-8-2-1-3-9-19)21-11-10-18-14-16-6-4-5-7-17(16)15-20(18)23(21)22/h1-15,24H. The van der Waals surface area contributed by atoms with Gasteiger partial charge in [-0.25, -0.2) is 0 Å². The Kier molecular flexibility index (Phi) is 3.25. The lowest BCUT2D eigenvalue weighted by atomic mass is 10.00. The molecule has 0 unspecified atom stereocenters. The molecule has 0 bridgehead atoms. The Labute approximate surface area is 150 Å². The second-order valence-corrected chi connectivity index (χ2v) is 6.41. The number of nitrogens with zero attached hydrogens (tertiary/aromatic N) is 1. The van der Waals surface area contributed by atoms with Crippen LogP contribution in [0.1, 0.15) is 0 Å². The molecule has 0 saturated heterocycles. The van der Waals surface area contributed by atoms with Gasteiger partial charge in [0.1, 0.15) is 0 Å². The van der Waals surface area contributed by atoms with Gasteiger partial charge in [-0.1, -0.05) is 48.5 Å². The quantitative estimate of drug-likeness (QED) is 0.356. The van der Waals surface area contributed by atoms with Gasteiger partial charge in [-0.2, -0.15) is 0 Å². The van der Waals surface area contributed by atoms with Crippen LogP contribution in [0.3, 0.4) is 0 Å². The van der Waals surface area contributed by atoms with E-state index in [2.05, 4.69) is 35.8 Å². The van der Waals surface area contributed by atoms with E-state index in [1.54, 1.807) is 12.3 Å². The van der Waals surface area contributed by atoms with Gasteiger partial charge in [0, 0.05) is 12.3 Å². The molecule has 5 aromatic rings. The molecule has 26 heavy (non-hydrogen) atoms. The molecule has 124 valence electrons. The van der Waals surface area contributed by atoms with Crippen LogP contribution in [0.2, 0.25) is 0 Å². The molecule has 1 aromatic heterocycles. The Balaban J connectivity index is 1.82. The molecule has 0 aliphatic carbocycles. The van der Waals surface area contributed by atoms with Crippen molar-refractivity contribution in [3.8, 4) is 0 Å². The van der Waals surface area contributed by atoms with Crippen LogP contribution in [0.15, 0.2) is 95.9 Å². The van der Waals surface area contributed by atoms with Crippen molar-refractivity contribution in [3.05, 3.63) is 101 Å². The van der Waals surface area contributed by atoms with E-state index in [1.165, 1.54) is 5.39 Å². The third kappa shape index (κ3) is 2.33. The largest absolute Gasteiger partial charge is 0.294 e. The van der Waals surface area contributed by atoms with Gasteiger partial charge in [0.2, 0.25) is 0 Å². The van der Waals surface area contributed by atoms with Gasteiger partial charge in [0.15, 0.2) is 5.43 Å². The average Bonchev–Trinajstić information content (AvgIpc) is 2.69. The monoisotopic (exact) mass is 336 g/mol. The summed E-state index contributed by atoms with van der Waals surface area (Å²) in [5, 5.41) is 5.11. The Bertz CT molecular complexity index is 1320. The summed E-state index contributed by atoms with van der Waals surface area (Å²) in [5.41, 5.74) is 5.22. The predicted octanol–water partition coefficient (Wildman–Crippen LogP) is 5.18. The number of rotatable bonds is 2. The maximum absolute atomic E-state index is 12.7. The zero-order valence-corrected chi connectivity index (χ0v) is 14.0. The minimum atomic E-state index is 0.0343. The lowest BCUT2D eigenvalue weighted by Crippen LogP contribution is -2.14. The van der Waals surface area contributed by atoms with Crippen LogP contribution in [0.25, 0.3) is 32.4 Å². The van der Waals surface area contributed by atoms with E-state index in [0.717, 1.165) is 32.7 Å². The molecule has 3 nitrogen and oxygen atoms in total. The maximum Gasteiger partial charge on any atom is 0.190 e. The summed E-state index contributed by atoms with van der Waals surface area (Å²) in [5.74, 6) is 0. The van der Waals surface area contributed by atoms with Gasteiger partial charge in [-0.3, -0.25) is 14.9 Å². The van der Waals surface area contributed by atoms with E-state index < -0.39 is 0 Å². The highest BCUT2D eigenvalue weighted by atomic mass is 16.1. The minimum absolute atomic E-state index is 0.0343. The molecule has 0 aliphatic heterocycles. The number of benzene rings is 4. The number of pyridine rings is 1. The van der Waals surface area contributed by atoms with E-state index in [9.17, 15) is 4.79 Å². The molecule has 1 heterocycles. The summed E-state index contributed by atoms with van der Waals surface area (Å²) in [4.78, 5) is 12.7. The summed E-state index contributed by atoms with van der Waals surface area (Å²) >= 11 is 0. The van der Waals surface area contributed by atoms with Crippen LogP contribution >= 0.6 is 0 Å². The zero-order valence-electron chi connectivity index (χ0n) is 14.0. The predicted molar refractivity (Wildman–Crippen MR) is 109 cm³/mol. The highest BCUT2D eigenvalue weighted by molar-refractivity contribution is 6.11. The summed E-state index contributed by atoms with van der Waals surface area (Å²) in [6.07, 6.45) is 1.78. The Morgan fingerprint density at radius 3 is 2.23 bits per heavy atom. The zero-order chi connectivity index (χ0) is 17.5. The number of hydrogen-bond donors (Lipinski definition) is 1. The number of anilines is 1. The van der Waals surface area contributed by atoms with Gasteiger partial charge < -0.3 is 0 Å². The normalized spacial score (nSPS) is 11.2. The molecule has 0 spiro atoms. The number of nitrogens with one attached hydrogen (secondary N) is 1. The minimum Gasteiger partial charge on any atom is -0.294 e. The highest BCUT2D eigenvalue weighted by Crippen LogP contribution is 2.27. The molecule has 0 radical (unpaired) electrons. The second-order valence-electron chi connectivity index (χ2n) is 6.41. The fourth-order valence-corrected chi connectivity index (χ4v) is 3.52. The number of fused-ring (bicyclic) bond motifs is 4. The van der Waals surface area contributed by atoms with Gasteiger partial charge in [0.05, 0.1) is 16.6 Å². The van der Waals surface area contributed by atoms with Crippen molar-refractivity contribution in [2.24, 2.45) is 0 Å². The van der Waals surface area contributed by atoms with Crippen LogP contribution in [0, 0.1) is 0 Å². The van der Waals surface area contributed by atoms with E-state index in [-0.39, 0.29) is 5.43 Å². The van der Waals surface area contributed by atoms with Crippen molar-refractivity contribution < 1.29 is 0 Å². The van der Waals surface area contributed by atoms with Crippen molar-refractivity contribution in [2.45, 2.75) is 0 Å². The van der Waals surface area contributed by atoms with E-state index >= 15 is 0 Å². The van der Waals surface area contributed by atoms with Crippen LogP contribution < -0.4 is 10.9 Å². The third-order valence-electron chi connectivity index (χ3n) is 4.77. The van der Waals surface area contributed by atoms with Gasteiger partial charge in [-0.05, 0) is 51.9 Å². The topological polar surface area (TPSA) is 34.0 Å². The summed E-state index contributed by atoms with van der Waals surface area (Å²) in [7, 11) is 0. The first-order valence-electron chi connectivity index (χ1n) is 8.58. The maximum atomic E-state index is 12.7. The lowest BCUT2D eigenvalue weighted by molar-refractivity contribution is 0.993. The van der Waals surface area contributed by atoms with Gasteiger partial charge in [-0.15, -0.1) is 0 Å². The van der Waals surface area contributed by atoms with Gasteiger partial charge in [0.25, 0.3) is 0 Å². The third-order valence-corrected chi connectivity index (χ3v) is 4.77. The molecule has 5 rings (SSSR count). The highest BCUT2D eigenvalue weighted by Gasteiger charge is 2.09. The average molecular weight is 336 g/mol. The van der Waals surface area contributed by atoms with Gasteiger partial charge >= 0.3 is 0 Å². The molecular weight excluding hydrogens is 320 g/mol. The number of hydrogen-bond acceptors (Lipinski definition) is 2. The summed E-state index contributed by atoms with van der Waals surface area (Å²) < 4.78 is 1.90. The second kappa shape index (κ2) is 5.74. The van der Waals surface area contributed by atoms with Crippen molar-refractivity contribution in [1.82, 2.24) is 4.68 Å². The Morgan fingerprint density at radius 2 is 1.42 bits per heavy atom. The van der Waals surface area contributed by atoms with Crippen molar-refractivity contribution in [2.75, 3.05) is 5.43 Å². The fraction of sp³-hybridized carbons (Fsp3) is 0. The molecule has 3 heteroatoms. The van der Waals surface area contributed by atoms with Crippen LogP contribution in [-0.2, 0) is 0 Å². The first-order chi connectivity index (χ1) is 12.8. The Hall–Kier alpha value is -3.59. The number of para-hydroxylation sites is 1. The van der Waals surface area contributed by atoms with Crippen molar-refractivity contribution >= 4 is 38.1 Å². The fourth-order valence-electron chi connectivity index (χ4n) is 3.52. The first kappa shape index (κ1) is 14.7. The van der Waals surface area contributed by atoms with Crippen LogP contribution in [-0.4, -0.2) is 4.68 Å². The molecule has 0 fully saturated rings. The van der Waals surface area contributed by atoms with Crippen molar-refractivity contribution in [1.29, 1.82) is 0 Å². The first-order valence-corrected chi connectivity index (χ1v) is 8.58. The molecular formula is C23H16N2O. The number of aromatic nitrogens is 1. The van der Waals surface area contributed by atoms with Crippen LogP contribution in [0.5, 0.6) is 0 Å². The molecule has 0 atom stereocenters. The Morgan fingerprint density at radius 1 is 0.692 bits per heavy atom. The molecule has 4 aromatic carbocycles.